The molecule has 3 aromatic rings. The van der Waals surface area contributed by atoms with E-state index in [0.717, 1.165) is 94.1 Å². The van der Waals surface area contributed by atoms with Gasteiger partial charge in [0.2, 0.25) is 5.91 Å². The first-order valence-corrected chi connectivity index (χ1v) is 22.1. The van der Waals surface area contributed by atoms with E-state index in [1.54, 1.807) is 17.0 Å². The highest BCUT2D eigenvalue weighted by atomic mass is 35.5. The largest absolute Gasteiger partial charge is 0.403 e. The van der Waals surface area contributed by atoms with Crippen molar-refractivity contribution in [3.63, 3.8) is 0 Å². The predicted molar refractivity (Wildman–Crippen MR) is 246 cm³/mol. The number of rotatable bonds is 18. The van der Waals surface area contributed by atoms with Crippen molar-refractivity contribution in [2.45, 2.75) is 32.7 Å². The lowest BCUT2D eigenvalue weighted by Crippen LogP contribution is -2.51. The maximum Gasteiger partial charge on any atom is 0.272 e. The zero-order chi connectivity index (χ0) is 44.7. The zero-order valence-electron chi connectivity index (χ0n) is 36.3. The second-order valence-electron chi connectivity index (χ2n) is 16.0. The number of halogens is 1. The molecular weight excluding hydrogens is 824 g/mol. The van der Waals surface area contributed by atoms with Gasteiger partial charge in [0.15, 0.2) is 5.15 Å². The van der Waals surface area contributed by atoms with Gasteiger partial charge in [-0.3, -0.25) is 34.0 Å². The SMILES string of the molecule is CC/C(C=O)=C/c1ncc(CN2CCN(c3ccc(C(=O)N4CCC(CN5CCN(C(=O)c6ccc(NC(=O)CNCCN(N)/C=C\N)c(Cl)n6)CC5)CC4)nc3)CC2)cc1NC. The maximum atomic E-state index is 13.5. The number of piperazine rings is 2. The van der Waals surface area contributed by atoms with E-state index in [4.69, 9.17) is 23.2 Å². The number of aldehydes is 1. The summed E-state index contributed by atoms with van der Waals surface area (Å²) in [6.07, 6.45) is 11.8. The fraction of sp³-hybridized carbons (Fsp3) is 0.477. The van der Waals surface area contributed by atoms with E-state index >= 15 is 0 Å². The number of hydrazine groups is 1. The van der Waals surface area contributed by atoms with E-state index in [0.29, 0.717) is 68.6 Å². The monoisotopic (exact) mass is 884 g/mol. The molecule has 6 rings (SSSR count). The third kappa shape index (κ3) is 13.2. The first-order valence-electron chi connectivity index (χ1n) is 21.7. The molecule has 7 N–H and O–H groups in total. The Kier molecular flexibility index (Phi) is 17.2. The highest BCUT2D eigenvalue weighted by molar-refractivity contribution is 6.32. The average molecular weight is 886 g/mol. The highest BCUT2D eigenvalue weighted by Gasteiger charge is 2.29. The summed E-state index contributed by atoms with van der Waals surface area (Å²) in [5, 5.41) is 10.4. The molecule has 19 heteroatoms. The summed E-state index contributed by atoms with van der Waals surface area (Å²) in [4.78, 5) is 74.8. The Hall–Kier alpha value is -5.66. The van der Waals surface area contributed by atoms with Gasteiger partial charge in [-0.1, -0.05) is 18.5 Å². The fourth-order valence-corrected chi connectivity index (χ4v) is 8.22. The average Bonchev–Trinajstić information content (AvgIpc) is 3.31. The van der Waals surface area contributed by atoms with Gasteiger partial charge in [-0.25, -0.2) is 15.8 Å². The summed E-state index contributed by atoms with van der Waals surface area (Å²) in [5.41, 5.74) is 10.8. The topological polar surface area (TPSA) is 215 Å². The van der Waals surface area contributed by atoms with Crippen molar-refractivity contribution < 1.29 is 19.2 Å². The van der Waals surface area contributed by atoms with E-state index in [1.807, 2.05) is 49.5 Å². The zero-order valence-corrected chi connectivity index (χ0v) is 37.1. The second-order valence-corrected chi connectivity index (χ2v) is 16.4. The molecule has 3 aliphatic rings. The second kappa shape index (κ2) is 23.1. The molecule has 3 fully saturated rings. The van der Waals surface area contributed by atoms with Crippen molar-refractivity contribution >= 4 is 58.7 Å². The molecular formula is C44H61ClN14O4. The first kappa shape index (κ1) is 46.8. The molecule has 18 nitrogen and oxygen atoms in total. The Morgan fingerprint density at radius 2 is 1.59 bits per heavy atom. The van der Waals surface area contributed by atoms with E-state index in [9.17, 15) is 19.2 Å². The number of piperidine rings is 1. The molecule has 0 saturated carbocycles. The Balaban J connectivity index is 0.878. The number of nitrogens with one attached hydrogen (secondary N) is 3. The third-order valence-electron chi connectivity index (χ3n) is 11.8. The maximum absolute atomic E-state index is 13.5. The van der Waals surface area contributed by atoms with E-state index in [2.05, 4.69) is 51.7 Å². The highest BCUT2D eigenvalue weighted by Crippen LogP contribution is 2.25. The van der Waals surface area contributed by atoms with Gasteiger partial charge in [-0.05, 0) is 72.7 Å². The molecule has 6 heterocycles. The Bertz CT molecular complexity index is 2080. The number of carbonyl (C=O) groups is 4. The lowest BCUT2D eigenvalue weighted by atomic mass is 9.95. The number of aromatic nitrogens is 3. The minimum atomic E-state index is -0.302. The van der Waals surface area contributed by atoms with Crippen LogP contribution in [0.3, 0.4) is 0 Å². The Morgan fingerprint density at radius 1 is 0.889 bits per heavy atom. The summed E-state index contributed by atoms with van der Waals surface area (Å²) < 4.78 is 0. The number of amides is 3. The van der Waals surface area contributed by atoms with Gasteiger partial charge in [-0.2, -0.15) is 0 Å². The van der Waals surface area contributed by atoms with Crippen molar-refractivity contribution in [2.24, 2.45) is 17.5 Å². The van der Waals surface area contributed by atoms with Crippen LogP contribution in [-0.4, -0.2) is 162 Å². The summed E-state index contributed by atoms with van der Waals surface area (Å²) in [6, 6.07) is 9.14. The molecule has 63 heavy (non-hydrogen) atoms. The Morgan fingerprint density at radius 3 is 2.24 bits per heavy atom. The molecule has 3 aliphatic heterocycles. The van der Waals surface area contributed by atoms with Crippen LogP contribution in [0, 0.1) is 5.92 Å². The minimum absolute atomic E-state index is 0.0295. The molecule has 3 amide bonds. The third-order valence-corrected chi connectivity index (χ3v) is 12.1. The fourth-order valence-electron chi connectivity index (χ4n) is 8.01. The van der Waals surface area contributed by atoms with E-state index in [1.165, 1.54) is 17.4 Å². The van der Waals surface area contributed by atoms with Gasteiger partial charge < -0.3 is 41.4 Å². The van der Waals surface area contributed by atoms with Crippen LogP contribution in [0.5, 0.6) is 0 Å². The number of pyridine rings is 3. The lowest BCUT2D eigenvalue weighted by molar-refractivity contribution is -0.115. The van der Waals surface area contributed by atoms with Crippen molar-refractivity contribution in [3.05, 3.63) is 88.5 Å². The number of likely N-dealkylation sites (tertiary alicyclic amines) is 1. The molecule has 0 radical (unpaired) electrons. The van der Waals surface area contributed by atoms with Crippen LogP contribution in [0.2, 0.25) is 5.15 Å². The van der Waals surface area contributed by atoms with Gasteiger partial charge in [0.1, 0.15) is 17.7 Å². The van der Waals surface area contributed by atoms with Crippen LogP contribution in [-0.2, 0) is 16.1 Å². The Labute approximate surface area is 374 Å². The summed E-state index contributed by atoms with van der Waals surface area (Å²) in [7, 11) is 1.87. The molecule has 338 valence electrons. The molecule has 0 spiro atoms. The van der Waals surface area contributed by atoms with Crippen molar-refractivity contribution in [1.82, 2.24) is 44.9 Å². The number of allylic oxidation sites excluding steroid dienone is 1. The molecule has 0 unspecified atom stereocenters. The van der Waals surface area contributed by atoms with Gasteiger partial charge in [0.05, 0.1) is 35.5 Å². The van der Waals surface area contributed by atoms with Gasteiger partial charge >= 0.3 is 0 Å². The van der Waals surface area contributed by atoms with Crippen LogP contribution in [0.15, 0.2) is 60.7 Å². The molecule has 3 aromatic heterocycles. The number of carbonyl (C=O) groups excluding carboxylic acids is 4. The van der Waals surface area contributed by atoms with E-state index < -0.39 is 0 Å². The number of hydrogen-bond acceptors (Lipinski definition) is 15. The summed E-state index contributed by atoms with van der Waals surface area (Å²) in [5.74, 6) is 5.64. The van der Waals surface area contributed by atoms with Crippen molar-refractivity contribution in [1.29, 1.82) is 0 Å². The predicted octanol–water partition coefficient (Wildman–Crippen LogP) is 2.33. The van der Waals surface area contributed by atoms with Crippen LogP contribution >= 0.6 is 11.6 Å². The number of nitrogens with zero attached hydrogens (tertiary/aromatic N) is 9. The van der Waals surface area contributed by atoms with Crippen LogP contribution < -0.4 is 32.4 Å². The number of anilines is 3. The first-order chi connectivity index (χ1) is 30.6. The molecule has 0 aromatic carbocycles. The van der Waals surface area contributed by atoms with Crippen LogP contribution in [0.25, 0.3) is 6.08 Å². The van der Waals surface area contributed by atoms with Crippen LogP contribution in [0.1, 0.15) is 58.4 Å². The number of nitrogens with two attached hydrogens (primary N) is 2. The van der Waals surface area contributed by atoms with Crippen molar-refractivity contribution in [3.8, 4) is 0 Å². The molecule has 0 atom stereocenters. The van der Waals surface area contributed by atoms with E-state index in [-0.39, 0.29) is 35.1 Å². The number of hydrogen-bond donors (Lipinski definition) is 5. The van der Waals surface area contributed by atoms with Gasteiger partial charge in [0, 0.05) is 117 Å². The van der Waals surface area contributed by atoms with Gasteiger partial charge in [0.25, 0.3) is 11.8 Å². The smallest absolute Gasteiger partial charge is 0.272 e. The molecule has 0 bridgehead atoms. The summed E-state index contributed by atoms with van der Waals surface area (Å²) >= 11 is 6.36. The standard InChI is InChI=1S/C44H61ClN14O4/c1-3-32(31-60)24-40-39(48-2)25-34(26-50-40)30-55-16-20-56(21-17-55)35-4-5-37(51-27-35)43(62)57-12-8-33(9-13-57)29-54-18-22-58(23-19-54)44(63)38-7-6-36(42(45)53-38)52-41(61)28-49-11-15-59(47)14-10-46/h4-7,10,14,24-27,31,33,48-49H,3,8-9,11-13,15-23,28-30,46-47H2,1-2H3,(H,52,61)/b14-10-,32-24-. The molecule has 3 saturated heterocycles. The van der Waals surface area contributed by atoms with Crippen molar-refractivity contribution in [2.75, 3.05) is 114 Å². The minimum Gasteiger partial charge on any atom is -0.403 e. The summed E-state index contributed by atoms with van der Waals surface area (Å²) in [6.45, 7) is 12.2. The molecule has 0 aliphatic carbocycles. The quantitative estimate of drug-likeness (QED) is 0.0310. The lowest BCUT2D eigenvalue weighted by Gasteiger charge is -2.38. The van der Waals surface area contributed by atoms with Crippen LogP contribution in [0.4, 0.5) is 17.1 Å². The van der Waals surface area contributed by atoms with Gasteiger partial charge in [-0.15, -0.1) is 0 Å². The normalized spacial score (nSPS) is 17.0.